The van der Waals surface area contributed by atoms with Crippen molar-refractivity contribution in [2.45, 2.75) is 26.8 Å². The molecule has 0 saturated carbocycles. The van der Waals surface area contributed by atoms with Gasteiger partial charge in [-0.05, 0) is 60.7 Å². The molecule has 0 fully saturated rings. The number of amides is 1. The Morgan fingerprint density at radius 2 is 1.83 bits per heavy atom. The second-order valence-corrected chi connectivity index (χ2v) is 7.84. The molecule has 0 saturated heterocycles. The predicted octanol–water partition coefficient (Wildman–Crippen LogP) is 4.95. The largest absolute Gasteiger partial charge is 0.463 e. The van der Waals surface area contributed by atoms with Gasteiger partial charge in [0.1, 0.15) is 11.4 Å². The average Bonchev–Trinajstić information content (AvgIpc) is 3.44. The molecule has 0 N–H and O–H groups in total. The van der Waals surface area contributed by atoms with Crippen molar-refractivity contribution in [1.82, 2.24) is 14.7 Å². The zero-order valence-electron chi connectivity index (χ0n) is 17.1. The molecule has 0 radical (unpaired) electrons. The van der Waals surface area contributed by atoms with E-state index in [1.54, 1.807) is 10.9 Å². The molecular formula is C25H23N3O2. The number of furan rings is 1. The van der Waals surface area contributed by atoms with E-state index in [-0.39, 0.29) is 5.91 Å². The third kappa shape index (κ3) is 3.22. The number of nitrogens with zero attached hydrogens (tertiary/aromatic N) is 3. The van der Waals surface area contributed by atoms with Crippen LogP contribution in [0.25, 0.3) is 17.1 Å². The number of hydrogen-bond donors (Lipinski definition) is 0. The van der Waals surface area contributed by atoms with Crippen molar-refractivity contribution in [3.05, 3.63) is 94.9 Å². The van der Waals surface area contributed by atoms with E-state index in [4.69, 9.17) is 9.52 Å². The summed E-state index contributed by atoms with van der Waals surface area (Å²) in [6.45, 7) is 5.39. The van der Waals surface area contributed by atoms with Gasteiger partial charge >= 0.3 is 0 Å². The van der Waals surface area contributed by atoms with Crippen LogP contribution in [0.4, 0.5) is 0 Å². The van der Waals surface area contributed by atoms with Gasteiger partial charge in [0.25, 0.3) is 5.91 Å². The maximum atomic E-state index is 13.6. The Labute approximate surface area is 175 Å². The van der Waals surface area contributed by atoms with Crippen LogP contribution in [0.3, 0.4) is 0 Å². The number of rotatable bonds is 3. The van der Waals surface area contributed by atoms with Crippen molar-refractivity contribution in [2.75, 3.05) is 6.54 Å². The first kappa shape index (κ1) is 18.4. The molecule has 3 heterocycles. The van der Waals surface area contributed by atoms with E-state index in [2.05, 4.69) is 36.4 Å². The van der Waals surface area contributed by atoms with E-state index in [0.717, 1.165) is 23.2 Å². The van der Waals surface area contributed by atoms with Gasteiger partial charge in [0, 0.05) is 19.2 Å². The fraction of sp³-hybridized carbons (Fsp3) is 0.200. The Hall–Kier alpha value is -3.60. The number of hydrogen-bond acceptors (Lipinski definition) is 3. The molecule has 5 nitrogen and oxygen atoms in total. The maximum absolute atomic E-state index is 13.6. The summed E-state index contributed by atoms with van der Waals surface area (Å²) in [6, 6.07) is 20.1. The monoisotopic (exact) mass is 397 g/mol. The van der Waals surface area contributed by atoms with Crippen LogP contribution < -0.4 is 0 Å². The molecule has 2 aromatic carbocycles. The highest BCUT2D eigenvalue weighted by molar-refractivity contribution is 5.94. The van der Waals surface area contributed by atoms with E-state index < -0.39 is 0 Å². The summed E-state index contributed by atoms with van der Waals surface area (Å²) in [6.07, 6.45) is 2.49. The lowest BCUT2D eigenvalue weighted by Crippen LogP contribution is -2.37. The van der Waals surface area contributed by atoms with Crippen molar-refractivity contribution in [3.63, 3.8) is 0 Å². The number of carbonyl (C=O) groups is 1. The van der Waals surface area contributed by atoms with E-state index in [1.807, 2.05) is 43.0 Å². The highest BCUT2D eigenvalue weighted by Gasteiger charge is 2.26. The maximum Gasteiger partial charge on any atom is 0.272 e. The smallest absolute Gasteiger partial charge is 0.272 e. The van der Waals surface area contributed by atoms with Crippen LogP contribution in [0, 0.1) is 13.8 Å². The summed E-state index contributed by atoms with van der Waals surface area (Å²) in [4.78, 5) is 15.5. The van der Waals surface area contributed by atoms with Crippen LogP contribution >= 0.6 is 0 Å². The van der Waals surface area contributed by atoms with Crippen molar-refractivity contribution in [2.24, 2.45) is 0 Å². The van der Waals surface area contributed by atoms with Gasteiger partial charge in [-0.3, -0.25) is 4.79 Å². The first-order valence-corrected chi connectivity index (χ1v) is 10.2. The van der Waals surface area contributed by atoms with E-state index in [1.165, 1.54) is 11.1 Å². The first-order valence-electron chi connectivity index (χ1n) is 10.2. The first-order chi connectivity index (χ1) is 14.6. The molecule has 0 spiro atoms. The van der Waals surface area contributed by atoms with Gasteiger partial charge in [-0.15, -0.1) is 0 Å². The topological polar surface area (TPSA) is 51.3 Å². The number of benzene rings is 2. The third-order valence-electron chi connectivity index (χ3n) is 5.71. The summed E-state index contributed by atoms with van der Waals surface area (Å²) in [5, 5.41) is 4.76. The van der Waals surface area contributed by atoms with Crippen LogP contribution in [0.5, 0.6) is 0 Å². The summed E-state index contributed by atoms with van der Waals surface area (Å²) >= 11 is 0. The van der Waals surface area contributed by atoms with Crippen LogP contribution in [-0.2, 0) is 13.0 Å². The number of aromatic nitrogens is 2. The summed E-state index contributed by atoms with van der Waals surface area (Å²) < 4.78 is 7.32. The van der Waals surface area contributed by atoms with Crippen molar-refractivity contribution >= 4 is 5.91 Å². The molecule has 1 aliphatic heterocycles. The average molecular weight is 397 g/mol. The fourth-order valence-electron chi connectivity index (χ4n) is 4.04. The minimum absolute atomic E-state index is 0.0179. The molecule has 0 atom stereocenters. The van der Waals surface area contributed by atoms with Crippen molar-refractivity contribution in [1.29, 1.82) is 0 Å². The molecule has 1 aliphatic rings. The highest BCUT2D eigenvalue weighted by atomic mass is 16.3. The number of fused-ring (bicyclic) bond motifs is 1. The molecule has 0 bridgehead atoms. The van der Waals surface area contributed by atoms with Gasteiger partial charge in [-0.25, -0.2) is 4.68 Å². The van der Waals surface area contributed by atoms with Crippen LogP contribution in [0.15, 0.2) is 71.3 Å². The lowest BCUT2D eigenvalue weighted by atomic mass is 10.00. The zero-order chi connectivity index (χ0) is 20.7. The Kier molecular flexibility index (Phi) is 4.51. The van der Waals surface area contributed by atoms with E-state index in [0.29, 0.717) is 30.2 Å². The van der Waals surface area contributed by atoms with Gasteiger partial charge in [0.2, 0.25) is 0 Å². The standard InChI is InChI=1S/C25H23N3O2/c1-17-9-10-18(2)22(14-17)28-23(15-21(26-28)24-8-5-13-30-24)25(29)27-12-11-19-6-3-4-7-20(19)16-27/h3-10,13-15H,11-12,16H2,1-2H3. The van der Waals surface area contributed by atoms with Crippen LogP contribution in [-0.4, -0.2) is 27.1 Å². The van der Waals surface area contributed by atoms with Crippen LogP contribution in [0.2, 0.25) is 0 Å². The molecule has 4 aromatic rings. The normalized spacial score (nSPS) is 13.3. The second kappa shape index (κ2) is 7.34. The fourth-order valence-corrected chi connectivity index (χ4v) is 4.04. The number of carbonyl (C=O) groups excluding carboxylic acids is 1. The Balaban J connectivity index is 1.58. The molecular weight excluding hydrogens is 374 g/mol. The predicted molar refractivity (Wildman–Crippen MR) is 116 cm³/mol. The van der Waals surface area contributed by atoms with Gasteiger partial charge in [0.05, 0.1) is 12.0 Å². The van der Waals surface area contributed by atoms with Crippen molar-refractivity contribution in [3.8, 4) is 17.1 Å². The molecule has 5 heteroatoms. The molecule has 150 valence electrons. The van der Waals surface area contributed by atoms with Crippen LogP contribution in [0.1, 0.15) is 32.7 Å². The molecule has 0 aliphatic carbocycles. The third-order valence-corrected chi connectivity index (χ3v) is 5.71. The van der Waals surface area contributed by atoms with Crippen molar-refractivity contribution < 1.29 is 9.21 Å². The molecule has 5 rings (SSSR count). The Morgan fingerprint density at radius 3 is 2.63 bits per heavy atom. The minimum atomic E-state index is -0.0179. The van der Waals surface area contributed by atoms with E-state index in [9.17, 15) is 4.79 Å². The minimum Gasteiger partial charge on any atom is -0.463 e. The summed E-state index contributed by atoms with van der Waals surface area (Å²) in [7, 11) is 0. The second-order valence-electron chi connectivity index (χ2n) is 7.84. The lowest BCUT2D eigenvalue weighted by Gasteiger charge is -2.29. The highest BCUT2D eigenvalue weighted by Crippen LogP contribution is 2.27. The Morgan fingerprint density at radius 1 is 1.00 bits per heavy atom. The molecule has 1 amide bonds. The lowest BCUT2D eigenvalue weighted by molar-refractivity contribution is 0.0725. The summed E-state index contributed by atoms with van der Waals surface area (Å²) in [5.74, 6) is 0.632. The van der Waals surface area contributed by atoms with E-state index >= 15 is 0 Å². The quantitative estimate of drug-likeness (QED) is 0.492. The Bertz CT molecular complexity index is 1220. The van der Waals surface area contributed by atoms with Gasteiger partial charge < -0.3 is 9.32 Å². The molecule has 0 unspecified atom stereocenters. The molecule has 2 aromatic heterocycles. The van der Waals surface area contributed by atoms with Gasteiger partial charge in [-0.1, -0.05) is 36.4 Å². The number of aryl methyl sites for hydroxylation is 2. The SMILES string of the molecule is Cc1ccc(C)c(-n2nc(-c3ccco3)cc2C(=O)N2CCc3ccccc3C2)c1. The van der Waals surface area contributed by atoms with Gasteiger partial charge in [0.15, 0.2) is 5.76 Å². The van der Waals surface area contributed by atoms with Gasteiger partial charge in [-0.2, -0.15) is 5.10 Å². The zero-order valence-corrected chi connectivity index (χ0v) is 17.1. The summed E-state index contributed by atoms with van der Waals surface area (Å²) in [5.41, 5.74) is 6.83. The molecule has 30 heavy (non-hydrogen) atoms.